The summed E-state index contributed by atoms with van der Waals surface area (Å²) in [5, 5.41) is 0. The number of carbonyl (C=O) groups excluding carboxylic acids is 2. The van der Waals surface area contributed by atoms with Gasteiger partial charge in [0.05, 0.1) is 23.3 Å². The summed E-state index contributed by atoms with van der Waals surface area (Å²) >= 11 is 0. The quantitative estimate of drug-likeness (QED) is 0.215. The normalized spacial score (nSPS) is 12.5. The highest BCUT2D eigenvalue weighted by Gasteiger charge is 2.12. The van der Waals surface area contributed by atoms with Gasteiger partial charge in [0.2, 0.25) is 0 Å². The van der Waals surface area contributed by atoms with Crippen LogP contribution in [0.2, 0.25) is 0 Å². The standard InChI is InChI=1S/C32H38O6/c1-5-19-35-23(3)21-37-31(33)29-15-11-27(12-16-29)25-7-9-26(10-8-25)28-13-17-30(18-14-28)32(34)38-22-24(4)36-20-6-2/h7-18,23-24H,5-6,19-22H2,1-4H3. The smallest absolute Gasteiger partial charge is 0.338 e. The Kier molecular flexibility index (Phi) is 11.5. The van der Waals surface area contributed by atoms with E-state index >= 15 is 0 Å². The third-order valence-corrected chi connectivity index (χ3v) is 5.90. The molecule has 0 saturated heterocycles. The van der Waals surface area contributed by atoms with Gasteiger partial charge in [0.1, 0.15) is 13.2 Å². The van der Waals surface area contributed by atoms with E-state index in [1.165, 1.54) is 0 Å². The molecule has 202 valence electrons. The van der Waals surface area contributed by atoms with Gasteiger partial charge in [0.25, 0.3) is 0 Å². The molecular formula is C32H38O6. The van der Waals surface area contributed by atoms with Crippen LogP contribution in [-0.4, -0.2) is 50.6 Å². The molecule has 0 aromatic heterocycles. The Bertz CT molecular complexity index is 1040. The predicted octanol–water partition coefficient (Wildman–Crippen LogP) is 6.96. The Labute approximate surface area is 225 Å². The minimum Gasteiger partial charge on any atom is -0.459 e. The van der Waals surface area contributed by atoms with Crippen LogP contribution in [0.5, 0.6) is 0 Å². The summed E-state index contributed by atoms with van der Waals surface area (Å²) in [4.78, 5) is 24.7. The van der Waals surface area contributed by atoms with Crippen molar-refractivity contribution in [2.75, 3.05) is 26.4 Å². The Morgan fingerprint density at radius 3 is 1.13 bits per heavy atom. The fraction of sp³-hybridized carbons (Fsp3) is 0.375. The van der Waals surface area contributed by atoms with Crippen molar-refractivity contribution in [3.05, 3.63) is 83.9 Å². The fourth-order valence-electron chi connectivity index (χ4n) is 3.74. The molecule has 0 fully saturated rings. The maximum Gasteiger partial charge on any atom is 0.338 e. The van der Waals surface area contributed by atoms with Crippen molar-refractivity contribution in [2.45, 2.75) is 52.7 Å². The first-order valence-electron chi connectivity index (χ1n) is 13.3. The average Bonchev–Trinajstić information content (AvgIpc) is 2.96. The topological polar surface area (TPSA) is 71.1 Å². The van der Waals surface area contributed by atoms with Crippen LogP contribution >= 0.6 is 0 Å². The van der Waals surface area contributed by atoms with Gasteiger partial charge in [-0.05, 0) is 73.2 Å². The van der Waals surface area contributed by atoms with Gasteiger partial charge >= 0.3 is 11.9 Å². The Morgan fingerprint density at radius 2 is 0.842 bits per heavy atom. The summed E-state index contributed by atoms with van der Waals surface area (Å²) in [6.07, 6.45) is 1.61. The molecule has 6 heteroatoms. The van der Waals surface area contributed by atoms with Gasteiger partial charge in [0, 0.05) is 13.2 Å². The van der Waals surface area contributed by atoms with Crippen molar-refractivity contribution in [3.8, 4) is 22.3 Å². The van der Waals surface area contributed by atoms with Crippen LogP contribution in [0.1, 0.15) is 61.3 Å². The van der Waals surface area contributed by atoms with Crippen LogP contribution in [0.25, 0.3) is 22.3 Å². The molecule has 0 amide bonds. The molecule has 0 aliphatic carbocycles. The molecule has 0 N–H and O–H groups in total. The third kappa shape index (κ3) is 8.82. The number of ether oxygens (including phenoxy) is 4. The van der Waals surface area contributed by atoms with Crippen LogP contribution in [0.4, 0.5) is 0 Å². The van der Waals surface area contributed by atoms with Crippen molar-refractivity contribution in [1.82, 2.24) is 0 Å². The molecule has 3 rings (SSSR count). The largest absolute Gasteiger partial charge is 0.459 e. The molecule has 0 aliphatic rings. The lowest BCUT2D eigenvalue weighted by atomic mass is 9.99. The maximum atomic E-state index is 12.3. The molecule has 0 saturated carbocycles. The highest BCUT2D eigenvalue weighted by atomic mass is 16.6. The maximum absolute atomic E-state index is 12.3. The van der Waals surface area contributed by atoms with E-state index < -0.39 is 0 Å². The monoisotopic (exact) mass is 518 g/mol. The van der Waals surface area contributed by atoms with E-state index in [-0.39, 0.29) is 37.4 Å². The molecule has 6 nitrogen and oxygen atoms in total. The minimum atomic E-state index is -0.356. The highest BCUT2D eigenvalue weighted by Crippen LogP contribution is 2.26. The highest BCUT2D eigenvalue weighted by molar-refractivity contribution is 5.91. The molecular weight excluding hydrogens is 480 g/mol. The number of carbonyl (C=O) groups is 2. The predicted molar refractivity (Wildman–Crippen MR) is 149 cm³/mol. The van der Waals surface area contributed by atoms with Crippen molar-refractivity contribution < 1.29 is 28.5 Å². The molecule has 2 unspecified atom stereocenters. The summed E-state index contributed by atoms with van der Waals surface area (Å²) in [6, 6.07) is 22.9. The lowest BCUT2D eigenvalue weighted by Crippen LogP contribution is -2.19. The molecule has 3 aromatic rings. The van der Waals surface area contributed by atoms with Gasteiger partial charge < -0.3 is 18.9 Å². The van der Waals surface area contributed by atoms with Crippen molar-refractivity contribution in [3.63, 3.8) is 0 Å². The summed E-state index contributed by atoms with van der Waals surface area (Å²) in [7, 11) is 0. The van der Waals surface area contributed by atoms with Crippen LogP contribution in [0.3, 0.4) is 0 Å². The second-order valence-corrected chi connectivity index (χ2v) is 9.29. The Hall–Kier alpha value is -3.48. The Morgan fingerprint density at radius 1 is 0.553 bits per heavy atom. The molecule has 0 heterocycles. The first-order valence-corrected chi connectivity index (χ1v) is 13.3. The van der Waals surface area contributed by atoms with Gasteiger partial charge in [0.15, 0.2) is 0 Å². The SMILES string of the molecule is CCCOC(C)COC(=O)c1ccc(-c2ccc(-c3ccc(C(=O)OCC(C)OCCC)cc3)cc2)cc1. The molecule has 0 spiro atoms. The fourth-order valence-corrected chi connectivity index (χ4v) is 3.74. The zero-order valence-electron chi connectivity index (χ0n) is 22.8. The van der Waals surface area contributed by atoms with Gasteiger partial charge in [-0.15, -0.1) is 0 Å². The molecule has 2 atom stereocenters. The molecule has 0 aliphatic heterocycles. The minimum absolute atomic E-state index is 0.124. The van der Waals surface area contributed by atoms with Crippen LogP contribution in [0.15, 0.2) is 72.8 Å². The van der Waals surface area contributed by atoms with E-state index in [0.717, 1.165) is 35.1 Å². The van der Waals surface area contributed by atoms with E-state index in [1.54, 1.807) is 24.3 Å². The van der Waals surface area contributed by atoms with Crippen LogP contribution in [0, 0.1) is 0 Å². The third-order valence-electron chi connectivity index (χ3n) is 5.90. The molecule has 3 aromatic carbocycles. The first kappa shape index (κ1) is 29.1. The zero-order valence-corrected chi connectivity index (χ0v) is 22.8. The zero-order chi connectivity index (χ0) is 27.3. The second kappa shape index (κ2) is 15.1. The van der Waals surface area contributed by atoms with Crippen molar-refractivity contribution >= 4 is 11.9 Å². The Balaban J connectivity index is 1.55. The summed E-state index contributed by atoms with van der Waals surface area (Å²) in [6.45, 7) is 9.64. The van der Waals surface area contributed by atoms with Crippen LogP contribution < -0.4 is 0 Å². The van der Waals surface area contributed by atoms with Gasteiger partial charge in [-0.25, -0.2) is 9.59 Å². The summed E-state index contributed by atoms with van der Waals surface area (Å²) in [5.41, 5.74) is 5.10. The number of hydrogen-bond acceptors (Lipinski definition) is 6. The first-order chi connectivity index (χ1) is 18.4. The number of esters is 2. The van der Waals surface area contributed by atoms with E-state index in [1.807, 2.05) is 76.2 Å². The van der Waals surface area contributed by atoms with Crippen molar-refractivity contribution in [2.24, 2.45) is 0 Å². The lowest BCUT2D eigenvalue weighted by Gasteiger charge is -2.13. The number of hydrogen-bond donors (Lipinski definition) is 0. The van der Waals surface area contributed by atoms with E-state index in [2.05, 4.69) is 0 Å². The molecule has 38 heavy (non-hydrogen) atoms. The van der Waals surface area contributed by atoms with E-state index in [0.29, 0.717) is 24.3 Å². The average molecular weight is 519 g/mol. The van der Waals surface area contributed by atoms with Crippen molar-refractivity contribution in [1.29, 1.82) is 0 Å². The molecule has 0 radical (unpaired) electrons. The number of rotatable bonds is 14. The second-order valence-electron chi connectivity index (χ2n) is 9.29. The van der Waals surface area contributed by atoms with Gasteiger partial charge in [-0.1, -0.05) is 62.4 Å². The summed E-state index contributed by atoms with van der Waals surface area (Å²) < 4.78 is 21.8. The summed E-state index contributed by atoms with van der Waals surface area (Å²) in [5.74, 6) is -0.712. The van der Waals surface area contributed by atoms with Gasteiger partial charge in [-0.2, -0.15) is 0 Å². The van der Waals surface area contributed by atoms with Crippen LogP contribution in [-0.2, 0) is 18.9 Å². The van der Waals surface area contributed by atoms with Gasteiger partial charge in [-0.3, -0.25) is 0 Å². The lowest BCUT2D eigenvalue weighted by molar-refractivity contribution is -0.000265. The molecule has 0 bridgehead atoms. The van der Waals surface area contributed by atoms with E-state index in [4.69, 9.17) is 18.9 Å². The number of benzene rings is 3. The van der Waals surface area contributed by atoms with E-state index in [9.17, 15) is 9.59 Å².